The molecule has 0 rings (SSSR count). The summed E-state index contributed by atoms with van der Waals surface area (Å²) in [5, 5.41) is 0. The molecule has 0 aromatic rings. The minimum Gasteiger partial charge on any atom is -0.675 e. The van der Waals surface area contributed by atoms with Crippen molar-refractivity contribution in [2.75, 3.05) is 0 Å². The molecule has 0 radical (unpaired) electrons. The van der Waals surface area contributed by atoms with E-state index in [0.29, 0.717) is 0 Å². The Hall–Kier alpha value is 0.608. The van der Waals surface area contributed by atoms with E-state index < -0.39 is 0 Å². The van der Waals surface area contributed by atoms with Gasteiger partial charge in [-0.05, 0) is 0 Å². The zero-order valence-electron chi connectivity index (χ0n) is 6.47. The van der Waals surface area contributed by atoms with Gasteiger partial charge in [-0.1, -0.05) is 27.7 Å². The maximum absolute atomic E-state index is 6.58. The summed E-state index contributed by atoms with van der Waals surface area (Å²) in [5.41, 5.74) is 13.2. The number of hydrogen-bond donors (Lipinski definition) is 0. The number of rotatable bonds is 0. The van der Waals surface area contributed by atoms with Crippen LogP contribution >= 0.6 is 0 Å². The Labute approximate surface area is 72.6 Å². The van der Waals surface area contributed by atoms with Crippen molar-refractivity contribution < 1.29 is 21.1 Å². The van der Waals surface area contributed by atoms with Gasteiger partial charge < -0.3 is 11.5 Å². The molecule has 2 N–H and O–H groups in total. The minimum absolute atomic E-state index is 0. The molecule has 60 valence electrons. The molecular weight excluding hydrogens is 295 g/mol. The maximum Gasteiger partial charge on any atom is 2.00 e. The molecule has 3 heteroatoms. The third-order valence-electron chi connectivity index (χ3n) is 0. The molecule has 0 spiro atoms. The van der Waals surface area contributed by atoms with Gasteiger partial charge >= 0.3 is 21.1 Å². The number of nitrogens with one attached hydrogen (secondary N) is 2. The van der Waals surface area contributed by atoms with Crippen LogP contribution in [-0.4, -0.2) is 12.1 Å². The van der Waals surface area contributed by atoms with E-state index in [1.807, 2.05) is 27.7 Å². The van der Waals surface area contributed by atoms with Gasteiger partial charge in [0.15, 0.2) is 0 Å². The second-order valence-corrected chi connectivity index (χ2v) is 2.31. The summed E-state index contributed by atoms with van der Waals surface area (Å²) >= 11 is 0. The Bertz CT molecular complexity index is 26.5. The Kier molecular flexibility index (Phi) is 20.7. The summed E-state index contributed by atoms with van der Waals surface area (Å²) in [6, 6.07) is 0.167. The maximum atomic E-state index is 6.58. The van der Waals surface area contributed by atoms with E-state index in [1.54, 1.807) is 0 Å². The Morgan fingerprint density at radius 1 is 0.778 bits per heavy atom. The van der Waals surface area contributed by atoms with E-state index in [2.05, 4.69) is 0 Å². The van der Waals surface area contributed by atoms with Gasteiger partial charge in [-0.2, -0.15) is 0 Å². The van der Waals surface area contributed by atoms with E-state index in [-0.39, 0.29) is 33.1 Å². The molecule has 0 aromatic heterocycles. The van der Waals surface area contributed by atoms with Crippen molar-refractivity contribution >= 4 is 0 Å². The van der Waals surface area contributed by atoms with E-state index in [4.69, 9.17) is 11.5 Å². The fourth-order valence-electron chi connectivity index (χ4n) is 0. The van der Waals surface area contributed by atoms with E-state index in [0.717, 1.165) is 0 Å². The van der Waals surface area contributed by atoms with Crippen LogP contribution in [0.25, 0.3) is 11.5 Å². The van der Waals surface area contributed by atoms with Crippen molar-refractivity contribution in [3.8, 4) is 0 Å². The average Bonchev–Trinajstić information content (AvgIpc) is 1.25. The fraction of sp³-hybridized carbons (Fsp3) is 1.00. The standard InChI is InChI=1S/2C3H8N.Pt/c2*1-3(2)4;/h2*3-4H,1-2H3;/q2*-1;+2. The normalized spacial score (nSPS) is 8.00. The molecule has 2 nitrogen and oxygen atoms in total. The summed E-state index contributed by atoms with van der Waals surface area (Å²) in [4.78, 5) is 0. The quantitative estimate of drug-likeness (QED) is 0.660. The second kappa shape index (κ2) is 11.4. The van der Waals surface area contributed by atoms with Crippen LogP contribution in [0.2, 0.25) is 0 Å². The molecule has 0 aliphatic heterocycles. The van der Waals surface area contributed by atoms with Gasteiger partial charge in [0.1, 0.15) is 0 Å². The molecule has 0 amide bonds. The second-order valence-electron chi connectivity index (χ2n) is 2.31. The first-order valence-corrected chi connectivity index (χ1v) is 2.89. The molecule has 0 aliphatic rings. The summed E-state index contributed by atoms with van der Waals surface area (Å²) in [7, 11) is 0. The van der Waals surface area contributed by atoms with Gasteiger partial charge in [-0.25, -0.2) is 0 Å². The van der Waals surface area contributed by atoms with Crippen molar-refractivity contribution in [2.45, 2.75) is 39.8 Å². The molecule has 0 bridgehead atoms. The largest absolute Gasteiger partial charge is 2.00 e. The molecule has 0 atom stereocenters. The van der Waals surface area contributed by atoms with Crippen molar-refractivity contribution in [2.24, 2.45) is 0 Å². The monoisotopic (exact) mass is 311 g/mol. The molecule has 0 heterocycles. The van der Waals surface area contributed by atoms with Crippen LogP contribution in [0.15, 0.2) is 0 Å². The van der Waals surface area contributed by atoms with Crippen molar-refractivity contribution in [1.82, 2.24) is 0 Å². The Balaban J connectivity index is -0.0000000720. The van der Waals surface area contributed by atoms with Crippen LogP contribution in [-0.2, 0) is 21.1 Å². The molecule has 0 unspecified atom stereocenters. The Morgan fingerprint density at radius 2 is 0.778 bits per heavy atom. The summed E-state index contributed by atoms with van der Waals surface area (Å²) < 4.78 is 0. The topological polar surface area (TPSA) is 47.6 Å². The van der Waals surface area contributed by atoms with Gasteiger partial charge in [-0.3, -0.25) is 0 Å². The van der Waals surface area contributed by atoms with Crippen molar-refractivity contribution in [1.29, 1.82) is 0 Å². The van der Waals surface area contributed by atoms with E-state index >= 15 is 0 Å². The fourth-order valence-corrected chi connectivity index (χ4v) is 0. The van der Waals surface area contributed by atoms with Gasteiger partial charge in [0.2, 0.25) is 0 Å². The van der Waals surface area contributed by atoms with Crippen molar-refractivity contribution in [3.63, 3.8) is 0 Å². The molecule has 0 aliphatic carbocycles. The van der Waals surface area contributed by atoms with Gasteiger partial charge in [0.05, 0.1) is 0 Å². The first-order chi connectivity index (χ1) is 3.46. The SMILES string of the molecule is CC(C)[NH-].CC(C)[NH-].[Pt+2]. The van der Waals surface area contributed by atoms with E-state index in [1.165, 1.54) is 0 Å². The first-order valence-electron chi connectivity index (χ1n) is 2.89. The zero-order valence-corrected chi connectivity index (χ0v) is 8.74. The third-order valence-corrected chi connectivity index (χ3v) is 0. The number of hydrogen-bond acceptors (Lipinski definition) is 0. The average molecular weight is 311 g/mol. The predicted molar refractivity (Wildman–Crippen MR) is 38.9 cm³/mol. The molecular formula is C6H16N2Pt. The summed E-state index contributed by atoms with van der Waals surface area (Å²) in [6.45, 7) is 7.33. The molecule has 0 fully saturated rings. The van der Waals surface area contributed by atoms with Crippen LogP contribution in [0, 0.1) is 0 Å². The summed E-state index contributed by atoms with van der Waals surface area (Å²) in [6.07, 6.45) is 0. The van der Waals surface area contributed by atoms with Crippen LogP contribution in [0.4, 0.5) is 0 Å². The smallest absolute Gasteiger partial charge is 0.675 e. The van der Waals surface area contributed by atoms with Gasteiger partial charge in [-0.15, -0.1) is 12.1 Å². The van der Waals surface area contributed by atoms with Crippen LogP contribution < -0.4 is 0 Å². The minimum atomic E-state index is 0. The Morgan fingerprint density at radius 3 is 0.778 bits per heavy atom. The van der Waals surface area contributed by atoms with Crippen molar-refractivity contribution in [3.05, 3.63) is 11.5 Å². The summed E-state index contributed by atoms with van der Waals surface area (Å²) in [5.74, 6) is 0. The van der Waals surface area contributed by atoms with Crippen LogP contribution in [0.3, 0.4) is 0 Å². The molecule has 0 saturated carbocycles. The molecule has 0 aromatic carbocycles. The van der Waals surface area contributed by atoms with Gasteiger partial charge in [0.25, 0.3) is 0 Å². The first kappa shape index (κ1) is 16.3. The molecule has 0 saturated heterocycles. The van der Waals surface area contributed by atoms with Gasteiger partial charge in [0, 0.05) is 0 Å². The van der Waals surface area contributed by atoms with Crippen LogP contribution in [0.1, 0.15) is 27.7 Å². The predicted octanol–water partition coefficient (Wildman–Crippen LogP) is 2.89. The zero-order chi connectivity index (χ0) is 7.15. The van der Waals surface area contributed by atoms with Crippen LogP contribution in [0.5, 0.6) is 0 Å². The van der Waals surface area contributed by atoms with E-state index in [9.17, 15) is 0 Å². The third kappa shape index (κ3) is 1020. The molecule has 9 heavy (non-hydrogen) atoms.